The predicted octanol–water partition coefficient (Wildman–Crippen LogP) is 5.57. The summed E-state index contributed by atoms with van der Waals surface area (Å²) in [5.74, 6) is -1.04. The van der Waals surface area contributed by atoms with Crippen LogP contribution in [0.4, 0.5) is 17.1 Å². The largest absolute Gasteiger partial charge is 0.326 e. The number of anilines is 3. The van der Waals surface area contributed by atoms with Crippen molar-refractivity contribution >= 4 is 28.9 Å². The average molecular weight is 396 g/mol. The number of nitrogens with zero attached hydrogens (tertiary/aromatic N) is 1. The first kappa shape index (κ1) is 19.6. The number of hydrogen-bond acceptors (Lipinski definition) is 2. The molecule has 1 N–H and O–H groups in total. The van der Waals surface area contributed by atoms with E-state index in [-0.39, 0.29) is 11.8 Å². The fraction of sp³-hybridized carbons (Fsp3) is 0.154. The van der Waals surface area contributed by atoms with Gasteiger partial charge in [-0.3, -0.25) is 14.5 Å². The van der Waals surface area contributed by atoms with E-state index in [4.69, 9.17) is 0 Å². The smallest absolute Gasteiger partial charge is 0.235 e. The van der Waals surface area contributed by atoms with E-state index in [1.54, 1.807) is 4.90 Å². The van der Waals surface area contributed by atoms with E-state index < -0.39 is 11.8 Å². The van der Waals surface area contributed by atoms with Crippen LogP contribution in [0.5, 0.6) is 0 Å². The number of amides is 2. The van der Waals surface area contributed by atoms with Crippen molar-refractivity contribution in [3.8, 4) is 0 Å². The van der Waals surface area contributed by atoms with Crippen molar-refractivity contribution in [3.05, 3.63) is 103 Å². The van der Waals surface area contributed by atoms with Crippen LogP contribution in [0.2, 0.25) is 0 Å². The van der Waals surface area contributed by atoms with Crippen LogP contribution in [0.3, 0.4) is 0 Å². The number of benzene rings is 3. The zero-order valence-corrected chi connectivity index (χ0v) is 16.6. The third kappa shape index (κ3) is 4.33. The normalized spacial score (nSPS) is 17.9. The van der Waals surface area contributed by atoms with Crippen molar-refractivity contribution in [2.75, 3.05) is 10.2 Å². The SMILES string of the molecule is O=C(Nc1ccccc1)[C@H]1CC=CC[C@@H]1C(=O)N(c1ccccc1)c1ccccc1. The summed E-state index contributed by atoms with van der Waals surface area (Å²) < 4.78 is 0. The Morgan fingerprint density at radius 2 is 1.13 bits per heavy atom. The van der Waals surface area contributed by atoms with Gasteiger partial charge in [0.05, 0.1) is 11.8 Å². The molecule has 4 nitrogen and oxygen atoms in total. The Labute approximate surface area is 176 Å². The van der Waals surface area contributed by atoms with Crippen LogP contribution in [0.15, 0.2) is 103 Å². The molecule has 0 bridgehead atoms. The number of carbonyl (C=O) groups is 2. The minimum atomic E-state index is -0.431. The first-order valence-corrected chi connectivity index (χ1v) is 10.2. The lowest BCUT2D eigenvalue weighted by Crippen LogP contribution is -2.41. The molecule has 1 aliphatic carbocycles. The zero-order chi connectivity index (χ0) is 20.8. The van der Waals surface area contributed by atoms with Crippen LogP contribution in [-0.2, 0) is 9.59 Å². The molecule has 0 radical (unpaired) electrons. The number of carbonyl (C=O) groups excluding carboxylic acids is 2. The first-order chi connectivity index (χ1) is 14.7. The molecular formula is C26H24N2O2. The van der Waals surface area contributed by atoms with Crippen LogP contribution < -0.4 is 10.2 Å². The van der Waals surface area contributed by atoms with Gasteiger partial charge in [-0.05, 0) is 49.2 Å². The highest BCUT2D eigenvalue weighted by atomic mass is 16.2. The molecule has 30 heavy (non-hydrogen) atoms. The van der Waals surface area contributed by atoms with Crippen LogP contribution in [0, 0.1) is 11.8 Å². The van der Waals surface area contributed by atoms with Gasteiger partial charge in [-0.2, -0.15) is 0 Å². The summed E-state index contributed by atoms with van der Waals surface area (Å²) in [6.45, 7) is 0. The Morgan fingerprint density at radius 3 is 1.67 bits per heavy atom. The molecule has 150 valence electrons. The van der Waals surface area contributed by atoms with Crippen LogP contribution in [-0.4, -0.2) is 11.8 Å². The molecule has 2 amide bonds. The Hall–Kier alpha value is -3.66. The maximum atomic E-state index is 13.8. The van der Waals surface area contributed by atoms with Gasteiger partial charge in [0.1, 0.15) is 0 Å². The summed E-state index contributed by atoms with van der Waals surface area (Å²) in [7, 11) is 0. The van der Waals surface area contributed by atoms with Gasteiger partial charge in [0.25, 0.3) is 0 Å². The van der Waals surface area contributed by atoms with E-state index in [0.717, 1.165) is 17.1 Å². The fourth-order valence-corrected chi connectivity index (χ4v) is 3.86. The van der Waals surface area contributed by atoms with E-state index in [9.17, 15) is 9.59 Å². The Balaban J connectivity index is 1.64. The first-order valence-electron chi connectivity index (χ1n) is 10.2. The van der Waals surface area contributed by atoms with Crippen molar-refractivity contribution in [2.24, 2.45) is 11.8 Å². The number of rotatable bonds is 5. The van der Waals surface area contributed by atoms with Gasteiger partial charge in [0.15, 0.2) is 0 Å². The lowest BCUT2D eigenvalue weighted by Gasteiger charge is -2.32. The van der Waals surface area contributed by atoms with Gasteiger partial charge in [-0.1, -0.05) is 66.7 Å². The molecule has 0 fully saturated rings. The lowest BCUT2D eigenvalue weighted by atomic mass is 9.81. The quantitative estimate of drug-likeness (QED) is 0.573. The molecule has 0 saturated heterocycles. The number of nitrogens with one attached hydrogen (secondary N) is 1. The molecule has 1 aliphatic rings. The molecule has 3 aromatic rings. The van der Waals surface area contributed by atoms with E-state index in [1.165, 1.54) is 0 Å². The van der Waals surface area contributed by atoms with Gasteiger partial charge in [0, 0.05) is 17.1 Å². The highest BCUT2D eigenvalue weighted by Crippen LogP contribution is 2.34. The van der Waals surface area contributed by atoms with E-state index in [0.29, 0.717) is 12.8 Å². The van der Waals surface area contributed by atoms with Gasteiger partial charge >= 0.3 is 0 Å². The molecule has 2 atom stereocenters. The molecule has 4 rings (SSSR count). The van der Waals surface area contributed by atoms with Gasteiger partial charge in [-0.15, -0.1) is 0 Å². The maximum Gasteiger partial charge on any atom is 0.235 e. The third-order valence-corrected chi connectivity index (χ3v) is 5.38. The molecule has 0 spiro atoms. The molecule has 4 heteroatoms. The zero-order valence-electron chi connectivity index (χ0n) is 16.6. The van der Waals surface area contributed by atoms with Crippen molar-refractivity contribution < 1.29 is 9.59 Å². The van der Waals surface area contributed by atoms with E-state index >= 15 is 0 Å². The van der Waals surface area contributed by atoms with E-state index in [2.05, 4.69) is 5.32 Å². The van der Waals surface area contributed by atoms with Crippen molar-refractivity contribution in [1.29, 1.82) is 0 Å². The molecule has 3 aromatic carbocycles. The second-order valence-electron chi connectivity index (χ2n) is 7.36. The Kier molecular flexibility index (Phi) is 6.04. The second-order valence-corrected chi connectivity index (χ2v) is 7.36. The highest BCUT2D eigenvalue weighted by molar-refractivity contribution is 6.05. The lowest BCUT2D eigenvalue weighted by molar-refractivity contribution is -0.130. The standard InChI is InChI=1S/C26H24N2O2/c29-25(27-20-12-4-1-5-13-20)23-18-10-11-19-24(23)26(30)28(21-14-6-2-7-15-21)22-16-8-3-9-17-22/h1-17,23-24H,18-19H2,(H,27,29)/t23-,24-/m0/s1. The number of para-hydroxylation sites is 3. The number of hydrogen-bond donors (Lipinski definition) is 1. The summed E-state index contributed by atoms with van der Waals surface area (Å²) in [4.78, 5) is 28.6. The van der Waals surface area contributed by atoms with Gasteiger partial charge < -0.3 is 5.32 Å². The fourth-order valence-electron chi connectivity index (χ4n) is 3.86. The summed E-state index contributed by atoms with van der Waals surface area (Å²) in [5, 5.41) is 2.97. The Morgan fingerprint density at radius 1 is 0.667 bits per heavy atom. The summed E-state index contributed by atoms with van der Waals surface area (Å²) in [6.07, 6.45) is 5.09. The monoisotopic (exact) mass is 396 g/mol. The molecule has 0 aliphatic heterocycles. The minimum absolute atomic E-state index is 0.0649. The Bertz CT molecular complexity index is 977. The van der Waals surface area contributed by atoms with Gasteiger partial charge in [0.2, 0.25) is 11.8 Å². The summed E-state index contributed by atoms with van der Waals surface area (Å²) in [5.41, 5.74) is 2.34. The summed E-state index contributed by atoms with van der Waals surface area (Å²) in [6, 6.07) is 28.6. The average Bonchev–Trinajstić information content (AvgIpc) is 2.81. The van der Waals surface area contributed by atoms with Crippen molar-refractivity contribution in [2.45, 2.75) is 12.8 Å². The molecular weight excluding hydrogens is 372 g/mol. The molecule has 0 aromatic heterocycles. The van der Waals surface area contributed by atoms with Gasteiger partial charge in [-0.25, -0.2) is 0 Å². The van der Waals surface area contributed by atoms with Crippen molar-refractivity contribution in [1.82, 2.24) is 0 Å². The maximum absolute atomic E-state index is 13.8. The summed E-state index contributed by atoms with van der Waals surface area (Å²) >= 11 is 0. The highest BCUT2D eigenvalue weighted by Gasteiger charge is 2.37. The van der Waals surface area contributed by atoms with Crippen molar-refractivity contribution in [3.63, 3.8) is 0 Å². The third-order valence-electron chi connectivity index (χ3n) is 5.38. The van der Waals surface area contributed by atoms with E-state index in [1.807, 2.05) is 103 Å². The second kappa shape index (κ2) is 9.23. The minimum Gasteiger partial charge on any atom is -0.326 e. The molecule has 0 saturated carbocycles. The van der Waals surface area contributed by atoms with Crippen LogP contribution in [0.25, 0.3) is 0 Å². The molecule has 0 unspecified atom stereocenters. The predicted molar refractivity (Wildman–Crippen MR) is 120 cm³/mol. The van der Waals surface area contributed by atoms with Crippen LogP contribution >= 0.6 is 0 Å². The van der Waals surface area contributed by atoms with Crippen LogP contribution in [0.1, 0.15) is 12.8 Å². The topological polar surface area (TPSA) is 49.4 Å². The molecule has 0 heterocycles. The number of allylic oxidation sites excluding steroid dienone is 2.